The van der Waals surface area contributed by atoms with Gasteiger partial charge in [-0.25, -0.2) is 4.98 Å². The van der Waals surface area contributed by atoms with Crippen molar-refractivity contribution in [2.24, 2.45) is 0 Å². The topological polar surface area (TPSA) is 77.0 Å². The molecule has 0 amide bonds. The van der Waals surface area contributed by atoms with Crippen molar-refractivity contribution in [1.82, 2.24) is 14.5 Å². The molecule has 0 aliphatic rings. The molecule has 1 aromatic carbocycles. The number of alkyl halides is 3. The Morgan fingerprint density at radius 1 is 1.14 bits per heavy atom. The highest BCUT2D eigenvalue weighted by atomic mass is 32.2. The molecule has 0 saturated heterocycles. The van der Waals surface area contributed by atoms with E-state index in [2.05, 4.69) is 9.97 Å². The van der Waals surface area contributed by atoms with E-state index in [1.807, 2.05) is 6.92 Å². The number of aromatic amines is 1. The smallest absolute Gasteiger partial charge is 0.422 e. The van der Waals surface area contributed by atoms with Crippen LogP contribution in [0.25, 0.3) is 16.9 Å². The van der Waals surface area contributed by atoms with Gasteiger partial charge in [0.15, 0.2) is 11.8 Å². The van der Waals surface area contributed by atoms with Gasteiger partial charge in [-0.05, 0) is 36.1 Å². The molecule has 0 atom stereocenters. The third-order valence-electron chi connectivity index (χ3n) is 3.73. The van der Waals surface area contributed by atoms with Gasteiger partial charge in [0.05, 0.1) is 11.4 Å². The lowest BCUT2D eigenvalue weighted by molar-refractivity contribution is -0.153. The maximum absolute atomic E-state index is 12.8. The lowest BCUT2D eigenvalue weighted by Crippen LogP contribution is -2.21. The number of nitrogens with zero attached hydrogens (tertiary/aromatic N) is 2. The summed E-state index contributed by atoms with van der Waals surface area (Å²) in [7, 11) is 0. The van der Waals surface area contributed by atoms with Gasteiger partial charge in [0.1, 0.15) is 5.75 Å². The number of benzene rings is 1. The molecule has 0 fully saturated rings. The summed E-state index contributed by atoms with van der Waals surface area (Å²) in [6.45, 7) is 0.505. The minimum atomic E-state index is -4.43. The van der Waals surface area contributed by atoms with Crippen molar-refractivity contribution in [3.05, 3.63) is 69.4 Å². The summed E-state index contributed by atoms with van der Waals surface area (Å²) in [6.07, 6.45) is -2.96. The van der Waals surface area contributed by atoms with E-state index in [9.17, 15) is 22.8 Å². The highest BCUT2D eigenvalue weighted by molar-refractivity contribution is 7.99. The average molecular weight is 423 g/mol. The molecule has 10 heteroatoms. The zero-order chi connectivity index (χ0) is 21.0. The van der Waals surface area contributed by atoms with E-state index >= 15 is 0 Å². The maximum Gasteiger partial charge on any atom is 0.422 e. The molecule has 2 aromatic heterocycles. The van der Waals surface area contributed by atoms with Crippen LogP contribution in [0.2, 0.25) is 0 Å². The van der Waals surface area contributed by atoms with Crippen molar-refractivity contribution < 1.29 is 17.9 Å². The summed E-state index contributed by atoms with van der Waals surface area (Å²) >= 11 is 1.33. The Labute approximate surface area is 167 Å². The molecule has 29 heavy (non-hydrogen) atoms. The summed E-state index contributed by atoms with van der Waals surface area (Å²) in [4.78, 5) is 31.3. The number of hydrogen-bond acceptors (Lipinski definition) is 5. The van der Waals surface area contributed by atoms with E-state index < -0.39 is 12.8 Å². The number of nitrogens with one attached hydrogen (secondary N) is 1. The van der Waals surface area contributed by atoms with Crippen LogP contribution in [0.5, 0.6) is 5.75 Å². The number of H-pyrrole nitrogens is 1. The van der Waals surface area contributed by atoms with Crippen LogP contribution in [0.15, 0.2) is 63.4 Å². The Balaban J connectivity index is 1.98. The Hall–Kier alpha value is -3.01. The van der Waals surface area contributed by atoms with Gasteiger partial charge in [0.2, 0.25) is 5.56 Å². The van der Waals surface area contributed by atoms with Gasteiger partial charge in [-0.1, -0.05) is 18.7 Å². The van der Waals surface area contributed by atoms with E-state index in [4.69, 9.17) is 4.74 Å². The van der Waals surface area contributed by atoms with Gasteiger partial charge < -0.3 is 9.72 Å². The van der Waals surface area contributed by atoms with Crippen molar-refractivity contribution in [1.29, 1.82) is 0 Å². The number of pyridine rings is 1. The lowest BCUT2D eigenvalue weighted by Gasteiger charge is -2.14. The van der Waals surface area contributed by atoms with Crippen molar-refractivity contribution >= 4 is 11.8 Å². The second-order valence-electron chi connectivity index (χ2n) is 5.87. The Morgan fingerprint density at radius 2 is 1.86 bits per heavy atom. The highest BCUT2D eigenvalue weighted by Crippen LogP contribution is 2.24. The van der Waals surface area contributed by atoms with Crippen molar-refractivity contribution in [3.63, 3.8) is 0 Å². The molecule has 0 saturated carbocycles. The highest BCUT2D eigenvalue weighted by Gasteiger charge is 2.28. The second-order valence-corrected chi connectivity index (χ2v) is 7.10. The van der Waals surface area contributed by atoms with Crippen molar-refractivity contribution in [3.8, 4) is 22.7 Å². The van der Waals surface area contributed by atoms with Crippen LogP contribution in [0.1, 0.15) is 6.92 Å². The first-order valence-electron chi connectivity index (χ1n) is 8.53. The van der Waals surface area contributed by atoms with Gasteiger partial charge in [0.25, 0.3) is 5.56 Å². The molecule has 3 rings (SSSR count). The summed E-state index contributed by atoms with van der Waals surface area (Å²) in [5.41, 5.74) is 0.614. The van der Waals surface area contributed by atoms with E-state index in [1.165, 1.54) is 58.9 Å². The largest absolute Gasteiger partial charge is 0.484 e. The number of ether oxygens (including phenoxy) is 1. The van der Waals surface area contributed by atoms with Crippen LogP contribution >= 0.6 is 11.8 Å². The fraction of sp³-hybridized carbons (Fsp3) is 0.211. The normalized spacial score (nSPS) is 11.4. The summed E-state index contributed by atoms with van der Waals surface area (Å²) in [5.74, 6) is 0.676. The van der Waals surface area contributed by atoms with Gasteiger partial charge in [0, 0.05) is 23.9 Å². The first kappa shape index (κ1) is 20.7. The van der Waals surface area contributed by atoms with Crippen LogP contribution in [-0.4, -0.2) is 33.1 Å². The molecule has 0 aliphatic heterocycles. The minimum Gasteiger partial charge on any atom is -0.484 e. The fourth-order valence-corrected chi connectivity index (χ4v) is 3.28. The third-order valence-corrected chi connectivity index (χ3v) is 4.55. The summed E-state index contributed by atoms with van der Waals surface area (Å²) < 4.78 is 42.9. The molecule has 6 nitrogen and oxygen atoms in total. The summed E-state index contributed by atoms with van der Waals surface area (Å²) in [5, 5.41) is 0.402. The molecule has 152 valence electrons. The molecule has 3 aromatic rings. The number of halogens is 3. The molecule has 0 spiro atoms. The zero-order valence-electron chi connectivity index (χ0n) is 15.2. The number of hydrogen-bond donors (Lipinski definition) is 1. The van der Waals surface area contributed by atoms with E-state index in [1.54, 1.807) is 6.07 Å². The monoisotopic (exact) mass is 423 g/mol. The molecule has 0 radical (unpaired) electrons. The average Bonchev–Trinajstić information content (AvgIpc) is 2.66. The molecule has 1 N–H and O–H groups in total. The van der Waals surface area contributed by atoms with Gasteiger partial charge >= 0.3 is 6.18 Å². The van der Waals surface area contributed by atoms with Crippen LogP contribution in [-0.2, 0) is 0 Å². The van der Waals surface area contributed by atoms with Gasteiger partial charge in [-0.2, -0.15) is 13.2 Å². The standard InChI is InChI=1S/C19H16F3N3O3S/c1-2-29-18-24-15(12-7-8-23-16(26)9-12)10-17(27)25(18)13-3-5-14(6-4-13)28-11-19(20,21)22/h3-10H,2,11H2,1H3,(H,23,26). The van der Waals surface area contributed by atoms with Crippen LogP contribution < -0.4 is 15.9 Å². The van der Waals surface area contributed by atoms with Crippen LogP contribution in [0, 0.1) is 0 Å². The molecule has 0 aliphatic carbocycles. The van der Waals surface area contributed by atoms with Crippen molar-refractivity contribution in [2.45, 2.75) is 18.3 Å². The number of thioether (sulfide) groups is 1. The van der Waals surface area contributed by atoms with E-state index in [0.29, 0.717) is 27.9 Å². The second kappa shape index (κ2) is 8.56. The third kappa shape index (κ3) is 5.29. The number of rotatable bonds is 6. The first-order chi connectivity index (χ1) is 13.8. The number of aromatic nitrogens is 3. The zero-order valence-corrected chi connectivity index (χ0v) is 16.0. The van der Waals surface area contributed by atoms with Crippen LogP contribution in [0.3, 0.4) is 0 Å². The molecule has 2 heterocycles. The van der Waals surface area contributed by atoms with Gasteiger partial charge in [-0.3, -0.25) is 14.2 Å². The van der Waals surface area contributed by atoms with E-state index in [-0.39, 0.29) is 16.9 Å². The Bertz CT molecular complexity index is 1110. The predicted molar refractivity (Wildman–Crippen MR) is 104 cm³/mol. The van der Waals surface area contributed by atoms with E-state index in [0.717, 1.165) is 0 Å². The Morgan fingerprint density at radius 3 is 2.48 bits per heavy atom. The molecule has 0 unspecified atom stereocenters. The SMILES string of the molecule is CCSc1nc(-c2cc[nH]c(=O)c2)cc(=O)n1-c1ccc(OCC(F)(F)F)cc1. The molecular formula is C19H16F3N3O3S. The Kier molecular flexibility index (Phi) is 6.12. The summed E-state index contributed by atoms with van der Waals surface area (Å²) in [6, 6.07) is 9.99. The first-order valence-corrected chi connectivity index (χ1v) is 9.51. The molecular weight excluding hydrogens is 407 g/mol. The quantitative estimate of drug-likeness (QED) is 0.484. The van der Waals surface area contributed by atoms with Gasteiger partial charge in [-0.15, -0.1) is 0 Å². The maximum atomic E-state index is 12.8. The van der Waals surface area contributed by atoms with Crippen LogP contribution in [0.4, 0.5) is 13.2 Å². The predicted octanol–water partition coefficient (Wildman–Crippen LogP) is 3.64. The lowest BCUT2D eigenvalue weighted by atomic mass is 10.2. The fourth-order valence-electron chi connectivity index (χ4n) is 2.53. The minimum absolute atomic E-state index is 0.0388. The van der Waals surface area contributed by atoms with Crippen molar-refractivity contribution in [2.75, 3.05) is 12.4 Å². The molecule has 0 bridgehead atoms.